The maximum absolute atomic E-state index is 5.76. The Kier molecular flexibility index (Phi) is 5.24. The fraction of sp³-hybridized carbons (Fsp3) is 1.00. The van der Waals surface area contributed by atoms with E-state index in [9.17, 15) is 0 Å². The molecule has 4 heteroatoms. The predicted molar refractivity (Wildman–Crippen MR) is 52.3 cm³/mol. The van der Waals surface area contributed by atoms with Crippen LogP contribution in [0.4, 0.5) is 0 Å². The summed E-state index contributed by atoms with van der Waals surface area (Å²) in [7, 11) is -2.33. The first-order valence-electron chi connectivity index (χ1n) is 4.11. The number of hydrogen-bond acceptors (Lipinski definition) is 2. The Morgan fingerprint density at radius 3 is 2.18 bits per heavy atom. The summed E-state index contributed by atoms with van der Waals surface area (Å²) in [5.74, 6) is 0. The average Bonchev–Trinajstić information content (AvgIpc) is 1.81. The third kappa shape index (κ3) is 6.74. The highest BCUT2D eigenvalue weighted by Crippen LogP contribution is 2.08. The molecule has 11 heavy (non-hydrogen) atoms. The maximum atomic E-state index is 5.76. The second kappa shape index (κ2) is 5.08. The van der Waals surface area contributed by atoms with Crippen molar-refractivity contribution in [3.8, 4) is 0 Å². The second-order valence-corrected chi connectivity index (χ2v) is 8.98. The Labute approximate surface area is 72.9 Å². The molecule has 0 amide bonds. The van der Waals surface area contributed by atoms with Crippen LogP contribution in [0.5, 0.6) is 0 Å². The van der Waals surface area contributed by atoms with E-state index in [2.05, 4.69) is 33.1 Å². The van der Waals surface area contributed by atoms with Crippen molar-refractivity contribution in [1.29, 1.82) is 0 Å². The average molecular weight is 191 g/mol. The predicted octanol–water partition coefficient (Wildman–Crippen LogP) is 2.38. The van der Waals surface area contributed by atoms with Gasteiger partial charge in [0.2, 0.25) is 0 Å². The van der Waals surface area contributed by atoms with Gasteiger partial charge < -0.3 is 8.54 Å². The quantitative estimate of drug-likeness (QED) is 0.621. The molecule has 0 saturated carbocycles. The first-order chi connectivity index (χ1) is 4.98. The molecule has 0 spiro atoms. The molecule has 0 saturated heterocycles. The SMILES string of the molecule is CCCO[Si](C)(C)O[Si](C)C. The van der Waals surface area contributed by atoms with Gasteiger partial charge in [0.1, 0.15) is 0 Å². The van der Waals surface area contributed by atoms with Crippen molar-refractivity contribution in [2.24, 2.45) is 0 Å². The Hall–Kier alpha value is 0.354. The summed E-state index contributed by atoms with van der Waals surface area (Å²) in [6.45, 7) is 11.5. The highest BCUT2D eigenvalue weighted by molar-refractivity contribution is 6.72. The Bertz CT molecular complexity index is 105. The molecule has 0 heterocycles. The minimum Gasteiger partial charge on any atom is -0.436 e. The summed E-state index contributed by atoms with van der Waals surface area (Å²) in [6.07, 6.45) is 1.08. The monoisotopic (exact) mass is 191 g/mol. The minimum absolute atomic E-state index is 0.585. The van der Waals surface area contributed by atoms with Crippen molar-refractivity contribution in [1.82, 2.24) is 0 Å². The van der Waals surface area contributed by atoms with Gasteiger partial charge in [-0.3, -0.25) is 0 Å². The lowest BCUT2D eigenvalue weighted by atomic mass is 10.5. The molecule has 0 aromatic rings. The third-order valence-corrected chi connectivity index (χ3v) is 5.60. The van der Waals surface area contributed by atoms with Crippen LogP contribution in [0.1, 0.15) is 13.3 Å². The van der Waals surface area contributed by atoms with Crippen molar-refractivity contribution >= 4 is 17.6 Å². The van der Waals surface area contributed by atoms with Crippen LogP contribution < -0.4 is 0 Å². The van der Waals surface area contributed by atoms with E-state index in [1.807, 2.05) is 0 Å². The Morgan fingerprint density at radius 1 is 1.27 bits per heavy atom. The summed E-state index contributed by atoms with van der Waals surface area (Å²) in [6, 6.07) is 0. The van der Waals surface area contributed by atoms with E-state index in [1.165, 1.54) is 0 Å². The van der Waals surface area contributed by atoms with Gasteiger partial charge in [-0.05, 0) is 32.6 Å². The van der Waals surface area contributed by atoms with Crippen molar-refractivity contribution < 1.29 is 8.54 Å². The molecule has 1 radical (unpaired) electrons. The molecule has 0 aromatic heterocycles. The highest BCUT2D eigenvalue weighted by atomic mass is 28.4. The van der Waals surface area contributed by atoms with E-state index in [0.29, 0.717) is 0 Å². The summed E-state index contributed by atoms with van der Waals surface area (Å²) in [5, 5.41) is 0. The van der Waals surface area contributed by atoms with Gasteiger partial charge >= 0.3 is 8.56 Å². The van der Waals surface area contributed by atoms with Gasteiger partial charge in [-0.1, -0.05) is 6.92 Å². The van der Waals surface area contributed by atoms with Crippen LogP contribution in [0.2, 0.25) is 26.2 Å². The van der Waals surface area contributed by atoms with Gasteiger partial charge in [-0.2, -0.15) is 0 Å². The Morgan fingerprint density at radius 2 is 1.82 bits per heavy atom. The van der Waals surface area contributed by atoms with Crippen LogP contribution in [-0.2, 0) is 8.54 Å². The standard InChI is InChI=1S/C7H19O2Si2/c1-6-7-8-11(4,5)9-10(2)3/h6-7H2,1-5H3. The summed E-state index contributed by atoms with van der Waals surface area (Å²) in [4.78, 5) is 0. The van der Waals surface area contributed by atoms with Gasteiger partial charge in [0.25, 0.3) is 0 Å². The zero-order chi connectivity index (χ0) is 8.91. The van der Waals surface area contributed by atoms with E-state index >= 15 is 0 Å². The molecule has 0 N–H and O–H groups in total. The molecular weight excluding hydrogens is 172 g/mol. The van der Waals surface area contributed by atoms with Crippen LogP contribution >= 0.6 is 0 Å². The first kappa shape index (κ1) is 11.4. The molecule has 0 aliphatic rings. The van der Waals surface area contributed by atoms with E-state index in [1.54, 1.807) is 0 Å². The number of rotatable bonds is 5. The molecule has 0 fully saturated rings. The van der Waals surface area contributed by atoms with Crippen molar-refractivity contribution in [2.45, 2.75) is 39.5 Å². The fourth-order valence-electron chi connectivity index (χ4n) is 0.869. The van der Waals surface area contributed by atoms with Gasteiger partial charge in [-0.15, -0.1) is 0 Å². The lowest BCUT2D eigenvalue weighted by molar-refractivity contribution is 0.250. The molecule has 0 aromatic carbocycles. The van der Waals surface area contributed by atoms with E-state index in [-0.39, 0.29) is 0 Å². The van der Waals surface area contributed by atoms with Crippen LogP contribution in [0.15, 0.2) is 0 Å². The van der Waals surface area contributed by atoms with Crippen LogP contribution in [-0.4, -0.2) is 24.2 Å². The molecular formula is C7H19O2Si2. The third-order valence-electron chi connectivity index (χ3n) is 1.10. The zero-order valence-corrected chi connectivity index (χ0v) is 10.2. The smallest absolute Gasteiger partial charge is 0.321 e. The zero-order valence-electron chi connectivity index (χ0n) is 8.23. The lowest BCUT2D eigenvalue weighted by Gasteiger charge is -2.24. The summed E-state index contributed by atoms with van der Waals surface area (Å²) >= 11 is 0. The molecule has 0 rings (SSSR count). The summed E-state index contributed by atoms with van der Waals surface area (Å²) < 4.78 is 11.4. The van der Waals surface area contributed by atoms with Crippen molar-refractivity contribution in [3.63, 3.8) is 0 Å². The van der Waals surface area contributed by atoms with Gasteiger partial charge in [0.05, 0.1) is 0 Å². The Balaban J connectivity index is 3.61. The van der Waals surface area contributed by atoms with Crippen molar-refractivity contribution in [2.75, 3.05) is 6.61 Å². The van der Waals surface area contributed by atoms with E-state index < -0.39 is 17.6 Å². The molecule has 2 nitrogen and oxygen atoms in total. The van der Waals surface area contributed by atoms with E-state index in [4.69, 9.17) is 8.54 Å². The van der Waals surface area contributed by atoms with Crippen molar-refractivity contribution in [3.05, 3.63) is 0 Å². The largest absolute Gasteiger partial charge is 0.436 e. The summed E-state index contributed by atoms with van der Waals surface area (Å²) in [5.41, 5.74) is 0. The second-order valence-electron chi connectivity index (χ2n) is 3.26. The topological polar surface area (TPSA) is 18.5 Å². The maximum Gasteiger partial charge on any atom is 0.321 e. The molecule has 0 unspecified atom stereocenters. The van der Waals surface area contributed by atoms with Gasteiger partial charge in [-0.25, -0.2) is 0 Å². The molecule has 67 valence electrons. The lowest BCUT2D eigenvalue weighted by Crippen LogP contribution is -2.39. The first-order valence-corrected chi connectivity index (χ1v) is 9.33. The molecule has 0 aliphatic carbocycles. The van der Waals surface area contributed by atoms with Crippen LogP contribution in [0, 0.1) is 0 Å². The normalized spacial score (nSPS) is 12.5. The molecule has 0 aliphatic heterocycles. The van der Waals surface area contributed by atoms with Crippen LogP contribution in [0.3, 0.4) is 0 Å². The highest BCUT2D eigenvalue weighted by Gasteiger charge is 2.25. The number of hydrogen-bond donors (Lipinski definition) is 0. The molecule has 0 bridgehead atoms. The fourth-order valence-corrected chi connectivity index (χ4v) is 5.73. The van der Waals surface area contributed by atoms with E-state index in [0.717, 1.165) is 13.0 Å². The van der Waals surface area contributed by atoms with Gasteiger partial charge in [0.15, 0.2) is 9.04 Å². The minimum atomic E-state index is -1.74. The molecule has 0 atom stereocenters. The van der Waals surface area contributed by atoms with Crippen LogP contribution in [0.25, 0.3) is 0 Å². The van der Waals surface area contributed by atoms with Gasteiger partial charge in [0, 0.05) is 6.61 Å².